The minimum Gasteiger partial charge on any atom is -0.476 e. The predicted molar refractivity (Wildman–Crippen MR) is 310 cm³/mol. The Morgan fingerprint density at radius 2 is 1.47 bits per heavy atom. The van der Waals surface area contributed by atoms with Crippen molar-refractivity contribution in [1.82, 2.24) is 34.9 Å². The lowest BCUT2D eigenvalue weighted by atomic mass is 9.39. The number of hydrogen-bond donors (Lipinski definition) is 3. The van der Waals surface area contributed by atoms with E-state index in [9.17, 15) is 33.9 Å². The fourth-order valence-electron chi connectivity index (χ4n) is 14.3. The van der Waals surface area contributed by atoms with Crippen molar-refractivity contribution >= 4 is 68.0 Å². The molecule has 5 amide bonds. The van der Waals surface area contributed by atoms with E-state index in [0.29, 0.717) is 114 Å². The smallest absolute Gasteiger partial charge is 0.355 e. The SMILES string of the molecule is Cc1c(-c2ccc(N3CCc4cccc(C(=O)Nc5nc6ccccc6s5)c4C3)nc2C(=O)O)cnn1CC12CC3(C)CC(C)(C1)CC(OCCN(C)C(=O)CCOCCOCCOCCOCCNC(=O)CCN1C(=O)C=CC1=O)(C3)C2. The summed E-state index contributed by atoms with van der Waals surface area (Å²) in [4.78, 5) is 89.2. The first-order valence-corrected chi connectivity index (χ1v) is 29.5. The summed E-state index contributed by atoms with van der Waals surface area (Å²) in [5.74, 6) is -1.96. The molecule has 442 valence electrons. The molecule has 2 unspecified atom stereocenters. The number of para-hydroxylation sites is 1. The lowest BCUT2D eigenvalue weighted by Crippen LogP contribution is -2.64. The van der Waals surface area contributed by atoms with Crippen molar-refractivity contribution in [3.05, 3.63) is 101 Å². The zero-order valence-corrected chi connectivity index (χ0v) is 48.7. The van der Waals surface area contributed by atoms with Crippen LogP contribution in [0.25, 0.3) is 21.3 Å². The number of benzene rings is 2. The third-order valence-electron chi connectivity index (χ3n) is 16.8. The van der Waals surface area contributed by atoms with Crippen LogP contribution in [0.4, 0.5) is 10.9 Å². The van der Waals surface area contributed by atoms with E-state index in [4.69, 9.17) is 33.8 Å². The summed E-state index contributed by atoms with van der Waals surface area (Å²) < 4.78 is 32.3. The van der Waals surface area contributed by atoms with Gasteiger partial charge >= 0.3 is 5.97 Å². The first-order valence-electron chi connectivity index (χ1n) is 28.7. The number of carbonyl (C=O) groups excluding carboxylic acids is 5. The van der Waals surface area contributed by atoms with Gasteiger partial charge in [-0.1, -0.05) is 49.4 Å². The Bertz CT molecular complexity index is 3200. The number of anilines is 2. The number of ether oxygens (including phenoxy) is 5. The maximum absolute atomic E-state index is 13.7. The van der Waals surface area contributed by atoms with Gasteiger partial charge in [-0.15, -0.1) is 0 Å². The zero-order valence-electron chi connectivity index (χ0n) is 47.9. The number of imide groups is 1. The molecular formula is C61H75N9O12S. The quantitative estimate of drug-likeness (QED) is 0.0327. The Hall–Kier alpha value is -6.95. The molecule has 6 aliphatic rings. The number of aromatic carboxylic acids is 1. The van der Waals surface area contributed by atoms with E-state index in [1.54, 1.807) is 18.1 Å². The van der Waals surface area contributed by atoms with Crippen LogP contribution in [0.3, 0.4) is 0 Å². The first-order chi connectivity index (χ1) is 39.9. The third kappa shape index (κ3) is 14.0. The normalized spacial score (nSPS) is 22.4. The van der Waals surface area contributed by atoms with Gasteiger partial charge in [-0.05, 0) is 110 Å². The summed E-state index contributed by atoms with van der Waals surface area (Å²) >= 11 is 1.43. The van der Waals surface area contributed by atoms with Gasteiger partial charge in [0, 0.05) is 87.3 Å². The number of amides is 5. The summed E-state index contributed by atoms with van der Waals surface area (Å²) in [6, 6.07) is 17.2. The highest BCUT2D eigenvalue weighted by atomic mass is 32.1. The van der Waals surface area contributed by atoms with E-state index >= 15 is 0 Å². The molecule has 5 heterocycles. The molecular weight excluding hydrogens is 1080 g/mol. The van der Waals surface area contributed by atoms with Crippen molar-refractivity contribution in [2.75, 3.05) is 103 Å². The average molecular weight is 1160 g/mol. The second-order valence-corrected chi connectivity index (χ2v) is 24.7. The average Bonchev–Trinajstić information content (AvgIpc) is 3.93. The van der Waals surface area contributed by atoms with E-state index in [1.807, 2.05) is 66.4 Å². The number of pyridine rings is 1. The summed E-state index contributed by atoms with van der Waals surface area (Å²) in [7, 11) is 1.81. The Morgan fingerprint density at radius 3 is 2.18 bits per heavy atom. The molecule has 0 saturated heterocycles. The van der Waals surface area contributed by atoms with Gasteiger partial charge in [0.25, 0.3) is 17.7 Å². The molecule has 4 aliphatic carbocycles. The number of hydrogen-bond acceptors (Lipinski definition) is 16. The second-order valence-electron chi connectivity index (χ2n) is 23.7. The van der Waals surface area contributed by atoms with Gasteiger partial charge < -0.3 is 43.9 Å². The molecule has 11 rings (SSSR count). The van der Waals surface area contributed by atoms with Crippen LogP contribution < -0.4 is 15.5 Å². The molecule has 4 bridgehead atoms. The van der Waals surface area contributed by atoms with Crippen molar-refractivity contribution in [3.63, 3.8) is 0 Å². The molecule has 83 heavy (non-hydrogen) atoms. The molecule has 21 nitrogen and oxygen atoms in total. The van der Waals surface area contributed by atoms with Crippen molar-refractivity contribution in [2.45, 2.75) is 97.2 Å². The van der Waals surface area contributed by atoms with Crippen molar-refractivity contribution < 1.29 is 57.6 Å². The monoisotopic (exact) mass is 1160 g/mol. The Balaban J connectivity index is 0.652. The summed E-state index contributed by atoms with van der Waals surface area (Å²) in [5, 5.41) is 21.8. The Kier molecular flexibility index (Phi) is 18.2. The van der Waals surface area contributed by atoms with Gasteiger partial charge in [0.1, 0.15) is 5.82 Å². The summed E-state index contributed by atoms with van der Waals surface area (Å²) in [6.45, 7) is 12.5. The van der Waals surface area contributed by atoms with Crippen LogP contribution in [-0.4, -0.2) is 168 Å². The second kappa shape index (κ2) is 25.5. The van der Waals surface area contributed by atoms with Crippen LogP contribution in [0.1, 0.15) is 103 Å². The maximum atomic E-state index is 13.7. The van der Waals surface area contributed by atoms with Crippen LogP contribution in [0, 0.1) is 23.2 Å². The highest BCUT2D eigenvalue weighted by Gasteiger charge is 2.66. The fourth-order valence-corrected chi connectivity index (χ4v) is 15.1. The summed E-state index contributed by atoms with van der Waals surface area (Å²) in [5.41, 5.74) is 5.13. The molecule has 2 aliphatic heterocycles. The number of rotatable bonds is 29. The minimum absolute atomic E-state index is 0.0190. The zero-order chi connectivity index (χ0) is 58.4. The maximum Gasteiger partial charge on any atom is 0.355 e. The molecule has 0 radical (unpaired) electrons. The third-order valence-corrected chi connectivity index (χ3v) is 17.8. The van der Waals surface area contributed by atoms with Gasteiger partial charge in [-0.25, -0.2) is 14.8 Å². The highest BCUT2D eigenvalue weighted by molar-refractivity contribution is 7.22. The molecule has 4 fully saturated rings. The molecule has 22 heteroatoms. The van der Waals surface area contributed by atoms with Crippen LogP contribution >= 0.6 is 11.3 Å². The topological polar surface area (TPSA) is 246 Å². The van der Waals surface area contributed by atoms with Crippen LogP contribution in [0.15, 0.2) is 72.9 Å². The molecule has 4 saturated carbocycles. The number of aromatic nitrogens is 4. The molecule has 5 aromatic rings. The van der Waals surface area contributed by atoms with E-state index in [-0.39, 0.29) is 71.3 Å². The van der Waals surface area contributed by atoms with Crippen molar-refractivity contribution in [2.24, 2.45) is 16.2 Å². The van der Waals surface area contributed by atoms with Crippen LogP contribution in [0.5, 0.6) is 0 Å². The molecule has 0 spiro atoms. The number of carboxylic acid groups (broad SMARTS) is 1. The van der Waals surface area contributed by atoms with Crippen LogP contribution in [0.2, 0.25) is 0 Å². The van der Waals surface area contributed by atoms with E-state index in [2.05, 4.69) is 34.1 Å². The Morgan fingerprint density at radius 1 is 0.771 bits per heavy atom. The fraction of sp³-hybridized carbons (Fsp3) is 0.525. The van der Waals surface area contributed by atoms with Crippen molar-refractivity contribution in [3.8, 4) is 11.1 Å². The predicted octanol–water partition coefficient (Wildman–Crippen LogP) is 6.86. The van der Waals surface area contributed by atoms with Gasteiger partial charge in [-0.2, -0.15) is 5.10 Å². The van der Waals surface area contributed by atoms with Gasteiger partial charge in [-0.3, -0.25) is 38.9 Å². The molecule has 2 aromatic carbocycles. The number of nitrogens with zero attached hydrogens (tertiary/aromatic N) is 7. The highest BCUT2D eigenvalue weighted by Crippen LogP contribution is 2.72. The Labute approximate surface area is 487 Å². The van der Waals surface area contributed by atoms with Gasteiger partial charge in [0.05, 0.1) is 87.9 Å². The lowest BCUT2D eigenvalue weighted by molar-refractivity contribution is -0.248. The molecule has 2 atom stereocenters. The number of nitrogens with one attached hydrogen (secondary N) is 2. The summed E-state index contributed by atoms with van der Waals surface area (Å²) in [6.07, 6.45) is 11.1. The van der Waals surface area contributed by atoms with Gasteiger partial charge in [0.15, 0.2) is 10.8 Å². The van der Waals surface area contributed by atoms with E-state index < -0.39 is 17.8 Å². The van der Waals surface area contributed by atoms with Crippen molar-refractivity contribution in [1.29, 1.82) is 0 Å². The van der Waals surface area contributed by atoms with Gasteiger partial charge in [0.2, 0.25) is 11.8 Å². The number of carboxylic acids is 1. The molecule has 3 N–H and O–H groups in total. The molecule has 3 aromatic heterocycles. The largest absolute Gasteiger partial charge is 0.476 e. The van der Waals surface area contributed by atoms with Crippen LogP contribution in [-0.2, 0) is 62.4 Å². The standard InChI is InChI=1S/C61H75N9O12S/c1-41-45(43-12-13-49(65-54(43)56(76)77)68-20-16-42-8-7-9-44(46(42)33-68)55(75)66-57-64-47-10-5-6-11-48(47)83-57)32-63-70(41)40-60-35-58(2)34-59(3,36-60)38-61(37-58,39-60)82-25-22-67(4)51(72)18-23-78-26-28-80-30-31-81-29-27-79-24-19-62-50(71)17-21-69-52(73)14-15-53(69)74/h5-15,32H,16-31,33-40H2,1-4H3,(H,62,71)(H,76,77)(H,64,66,75). The number of fused-ring (bicyclic) bond motifs is 2. The lowest BCUT2D eigenvalue weighted by Gasteiger charge is -2.69. The number of thiazole rings is 1. The van der Waals surface area contributed by atoms with E-state index in [1.165, 1.54) is 23.5 Å². The number of likely N-dealkylation sites (N-methyl/N-ethyl adjacent to an activating group) is 1. The van der Waals surface area contributed by atoms with E-state index in [0.717, 1.165) is 76.0 Å². The minimum atomic E-state index is -1.13. The first kappa shape index (κ1) is 59.2. The number of carbonyl (C=O) groups is 6.